The Labute approximate surface area is 329 Å². The monoisotopic (exact) mass is 741 g/mol. The van der Waals surface area contributed by atoms with Gasteiger partial charge >= 0.3 is 0 Å². The molecule has 5 heteroatoms. The van der Waals surface area contributed by atoms with Gasteiger partial charge in [0.15, 0.2) is 0 Å². The van der Waals surface area contributed by atoms with Crippen LogP contribution >= 0.6 is 0 Å². The molecule has 1 rings (SSSR count). The highest BCUT2D eigenvalue weighted by atomic mass is 16.5. The zero-order chi connectivity index (χ0) is 38.3. The van der Waals surface area contributed by atoms with Crippen molar-refractivity contribution in [1.82, 2.24) is 10.6 Å². The third-order valence-electron chi connectivity index (χ3n) is 10.9. The molecule has 1 aromatic rings. The van der Waals surface area contributed by atoms with E-state index in [1.165, 1.54) is 180 Å². The summed E-state index contributed by atoms with van der Waals surface area (Å²) in [5.41, 5.74) is 1.10. The van der Waals surface area contributed by atoms with E-state index in [1.54, 1.807) is 18.2 Å². The van der Waals surface area contributed by atoms with Crippen molar-refractivity contribution in [2.24, 2.45) is 0 Å². The number of nitrogens with one attached hydrogen (secondary N) is 2. The third-order valence-corrected chi connectivity index (χ3v) is 10.9. The molecule has 0 unspecified atom stereocenters. The van der Waals surface area contributed by atoms with Gasteiger partial charge in [-0.05, 0) is 37.5 Å². The predicted molar refractivity (Wildman–Crippen MR) is 231 cm³/mol. The van der Waals surface area contributed by atoms with Gasteiger partial charge in [0.2, 0.25) is 0 Å². The fourth-order valence-electron chi connectivity index (χ4n) is 7.28. The molecule has 0 aliphatic heterocycles. The number of ether oxygens (including phenoxy) is 1. The number of carbonyl (C=O) groups excluding carboxylic acids is 2. The quantitative estimate of drug-likeness (QED) is 0.0658. The maximum Gasteiger partial charge on any atom is 0.255 e. The van der Waals surface area contributed by atoms with Crippen LogP contribution in [0.4, 0.5) is 0 Å². The summed E-state index contributed by atoms with van der Waals surface area (Å²) in [4.78, 5) is 26.3. The van der Waals surface area contributed by atoms with E-state index in [-0.39, 0.29) is 11.8 Å². The van der Waals surface area contributed by atoms with Crippen LogP contribution in [0, 0.1) is 0 Å². The van der Waals surface area contributed by atoms with Crippen molar-refractivity contribution in [3.8, 4) is 5.75 Å². The molecule has 0 fully saturated rings. The van der Waals surface area contributed by atoms with Gasteiger partial charge in [-0.25, -0.2) is 0 Å². The van der Waals surface area contributed by atoms with Gasteiger partial charge in [0.05, 0.1) is 12.2 Å². The maximum absolute atomic E-state index is 13.3. The first-order valence-corrected chi connectivity index (χ1v) is 23.5. The smallest absolute Gasteiger partial charge is 0.255 e. The molecule has 0 aliphatic rings. The van der Waals surface area contributed by atoms with Crippen LogP contribution in [0.2, 0.25) is 0 Å². The summed E-state index contributed by atoms with van der Waals surface area (Å²) in [6.45, 7) is 8.75. The number of unbranched alkanes of at least 4 members (excludes halogenated alkanes) is 31. The Kier molecular flexibility index (Phi) is 35.3. The topological polar surface area (TPSA) is 67.4 Å². The van der Waals surface area contributed by atoms with Crippen molar-refractivity contribution in [3.63, 3.8) is 0 Å². The molecule has 5 nitrogen and oxygen atoms in total. The zero-order valence-electron chi connectivity index (χ0n) is 35.6. The first kappa shape index (κ1) is 49.0. The van der Waals surface area contributed by atoms with E-state index in [2.05, 4.69) is 31.4 Å². The van der Waals surface area contributed by atoms with Gasteiger partial charge < -0.3 is 15.4 Å². The summed E-state index contributed by atoms with van der Waals surface area (Å²) in [6, 6.07) is 5.35. The second-order valence-electron chi connectivity index (χ2n) is 16.0. The summed E-state index contributed by atoms with van der Waals surface area (Å²) in [7, 11) is 0. The van der Waals surface area contributed by atoms with Crippen LogP contribution in [0.15, 0.2) is 18.2 Å². The van der Waals surface area contributed by atoms with Crippen LogP contribution in [-0.4, -0.2) is 31.5 Å². The maximum atomic E-state index is 13.3. The predicted octanol–water partition coefficient (Wildman–Crippen LogP) is 14.8. The SMILES string of the molecule is CCCCCCCCCCCCCCCCOc1cc(C(=O)NCCCCCCCCCCCC)ccc1C(=O)NCCCCCCCCCCCC. The molecule has 0 saturated carbocycles. The van der Waals surface area contributed by atoms with E-state index in [9.17, 15) is 9.59 Å². The molecule has 0 aromatic heterocycles. The normalized spacial score (nSPS) is 11.2. The highest BCUT2D eigenvalue weighted by Gasteiger charge is 2.16. The molecule has 1 aromatic carbocycles. The summed E-state index contributed by atoms with van der Waals surface area (Å²) in [5, 5.41) is 6.23. The number of carbonyl (C=O) groups is 2. The Morgan fingerprint density at radius 3 is 1.11 bits per heavy atom. The number of hydrogen-bond donors (Lipinski definition) is 2. The van der Waals surface area contributed by atoms with Gasteiger partial charge in [-0.2, -0.15) is 0 Å². The van der Waals surface area contributed by atoms with Crippen molar-refractivity contribution in [2.75, 3.05) is 19.7 Å². The number of rotatable bonds is 40. The molecule has 0 radical (unpaired) electrons. The Balaban J connectivity index is 2.45. The van der Waals surface area contributed by atoms with Crippen LogP contribution in [0.1, 0.15) is 260 Å². The van der Waals surface area contributed by atoms with Gasteiger partial charge in [-0.3, -0.25) is 9.59 Å². The molecule has 0 atom stereocenters. The minimum absolute atomic E-state index is 0.0837. The largest absolute Gasteiger partial charge is 0.493 e. The van der Waals surface area contributed by atoms with Gasteiger partial charge in [-0.15, -0.1) is 0 Å². The van der Waals surface area contributed by atoms with E-state index >= 15 is 0 Å². The van der Waals surface area contributed by atoms with Crippen molar-refractivity contribution in [2.45, 2.75) is 239 Å². The first-order valence-electron chi connectivity index (χ1n) is 23.5. The number of benzene rings is 1. The van der Waals surface area contributed by atoms with E-state index in [0.717, 1.165) is 38.5 Å². The highest BCUT2D eigenvalue weighted by molar-refractivity contribution is 6.00. The fraction of sp³-hybridized carbons (Fsp3) is 0.833. The lowest BCUT2D eigenvalue weighted by atomic mass is 10.0. The molecule has 2 amide bonds. The lowest BCUT2D eigenvalue weighted by Crippen LogP contribution is -2.26. The summed E-state index contributed by atoms with van der Waals surface area (Å²) >= 11 is 0. The van der Waals surface area contributed by atoms with Gasteiger partial charge in [0.1, 0.15) is 5.75 Å². The molecule has 0 aliphatic carbocycles. The van der Waals surface area contributed by atoms with Gasteiger partial charge in [-0.1, -0.05) is 220 Å². The third kappa shape index (κ3) is 29.9. The minimum atomic E-state index is -0.103. The van der Waals surface area contributed by atoms with Crippen molar-refractivity contribution < 1.29 is 14.3 Å². The summed E-state index contributed by atoms with van der Waals surface area (Å²) in [6.07, 6.45) is 44.0. The first-order chi connectivity index (χ1) is 26.1. The van der Waals surface area contributed by atoms with E-state index < -0.39 is 0 Å². The van der Waals surface area contributed by atoms with Gasteiger partial charge in [0.25, 0.3) is 11.8 Å². The Morgan fingerprint density at radius 1 is 0.415 bits per heavy atom. The molecule has 308 valence electrons. The van der Waals surface area contributed by atoms with Crippen LogP contribution in [0.25, 0.3) is 0 Å². The molecule has 53 heavy (non-hydrogen) atoms. The zero-order valence-corrected chi connectivity index (χ0v) is 35.6. The lowest BCUT2D eigenvalue weighted by molar-refractivity contribution is 0.0937. The molecule has 2 N–H and O–H groups in total. The molecule has 0 heterocycles. The van der Waals surface area contributed by atoms with Crippen LogP contribution in [0.5, 0.6) is 5.75 Å². The average Bonchev–Trinajstić information content (AvgIpc) is 3.17. The standard InChI is InChI=1S/C48H88N2O3/c1-4-7-10-13-16-19-22-23-24-25-28-31-34-37-42-53-46-43-44(47(51)49-40-35-32-29-26-20-17-14-11-8-5-2)38-39-45(46)48(52)50-41-36-33-30-27-21-18-15-12-9-6-3/h38-39,43H,4-37,40-42H2,1-3H3,(H,49,51)(H,50,52). The summed E-state index contributed by atoms with van der Waals surface area (Å²) in [5.74, 6) is 0.348. The number of amides is 2. The second-order valence-corrected chi connectivity index (χ2v) is 16.0. The van der Waals surface area contributed by atoms with E-state index in [0.29, 0.717) is 36.6 Å². The van der Waals surface area contributed by atoms with Crippen molar-refractivity contribution >= 4 is 11.8 Å². The number of hydrogen-bond acceptors (Lipinski definition) is 3. The summed E-state index contributed by atoms with van der Waals surface area (Å²) < 4.78 is 6.23. The van der Waals surface area contributed by atoms with Crippen LogP contribution in [-0.2, 0) is 0 Å². The average molecular weight is 741 g/mol. The Hall–Kier alpha value is -2.04. The van der Waals surface area contributed by atoms with E-state index in [1.807, 2.05) is 0 Å². The van der Waals surface area contributed by atoms with Crippen molar-refractivity contribution in [1.29, 1.82) is 0 Å². The molecule has 0 saturated heterocycles. The molecular weight excluding hydrogens is 653 g/mol. The Morgan fingerprint density at radius 2 is 0.736 bits per heavy atom. The highest BCUT2D eigenvalue weighted by Crippen LogP contribution is 2.22. The minimum Gasteiger partial charge on any atom is -0.493 e. The molecule has 0 bridgehead atoms. The lowest BCUT2D eigenvalue weighted by Gasteiger charge is -2.14. The fourth-order valence-corrected chi connectivity index (χ4v) is 7.28. The Bertz CT molecular complexity index is 964. The second kappa shape index (κ2) is 38.2. The van der Waals surface area contributed by atoms with Gasteiger partial charge in [0, 0.05) is 18.7 Å². The molecular formula is C48H88N2O3. The van der Waals surface area contributed by atoms with Crippen LogP contribution in [0.3, 0.4) is 0 Å². The van der Waals surface area contributed by atoms with Crippen LogP contribution < -0.4 is 15.4 Å². The molecule has 0 spiro atoms. The van der Waals surface area contributed by atoms with Crippen molar-refractivity contribution in [3.05, 3.63) is 29.3 Å². The van der Waals surface area contributed by atoms with E-state index in [4.69, 9.17) is 4.74 Å².